The molecule has 0 aliphatic carbocycles. The first kappa shape index (κ1) is 55.2. The molecule has 7 aromatic heterocycles. The van der Waals surface area contributed by atoms with Crippen molar-refractivity contribution in [1.29, 1.82) is 0 Å². The summed E-state index contributed by atoms with van der Waals surface area (Å²) in [6, 6.07) is 19.7. The Hall–Kier alpha value is -10.2. The lowest BCUT2D eigenvalue weighted by atomic mass is 10.1. The maximum Gasteiger partial charge on any atom is 0.387 e. The second kappa shape index (κ2) is 24.5. The second-order valence-corrected chi connectivity index (χ2v) is 18.2. The van der Waals surface area contributed by atoms with Crippen LogP contribution in [0.5, 0.6) is 34.5 Å². The third-order valence-electron chi connectivity index (χ3n) is 12.7. The van der Waals surface area contributed by atoms with Gasteiger partial charge in [-0.1, -0.05) is 18.7 Å². The van der Waals surface area contributed by atoms with Crippen LogP contribution in [0.15, 0.2) is 141 Å². The highest BCUT2D eigenvalue weighted by Gasteiger charge is 2.25. The first-order valence-electron chi connectivity index (χ1n) is 25.2. The molecule has 3 aromatic carbocycles. The van der Waals surface area contributed by atoms with Crippen molar-refractivity contribution in [2.75, 3.05) is 43.5 Å². The molecule has 82 heavy (non-hydrogen) atoms. The molecule has 0 atom stereocenters. The van der Waals surface area contributed by atoms with Crippen molar-refractivity contribution in [3.05, 3.63) is 163 Å². The molecule has 8 heterocycles. The minimum Gasteiger partial charge on any atom is -0.457 e. The van der Waals surface area contributed by atoms with E-state index in [1.165, 1.54) is 79.7 Å². The Kier molecular flexibility index (Phi) is 16.5. The lowest BCUT2D eigenvalue weighted by Crippen LogP contribution is -2.35. The number of carbonyl (C=O) groups is 2. The molecule has 1 aliphatic heterocycles. The number of carbonyl (C=O) groups excluding carboxylic acids is 2. The van der Waals surface area contributed by atoms with E-state index in [1.807, 2.05) is 24.3 Å². The van der Waals surface area contributed by atoms with Gasteiger partial charge in [0.15, 0.2) is 17.0 Å². The Balaban J connectivity index is 0.000000186. The number of aliphatic hydroxyl groups excluding tert-OH is 1. The maximum atomic E-state index is 13.4. The summed E-state index contributed by atoms with van der Waals surface area (Å²) in [6.07, 6.45) is 14.5. The summed E-state index contributed by atoms with van der Waals surface area (Å²) in [4.78, 5) is 36.9. The van der Waals surface area contributed by atoms with Gasteiger partial charge in [0.25, 0.3) is 11.8 Å². The van der Waals surface area contributed by atoms with Crippen molar-refractivity contribution in [2.24, 2.45) is 14.1 Å². The van der Waals surface area contributed by atoms with Crippen LogP contribution in [0.3, 0.4) is 0 Å². The largest absolute Gasteiger partial charge is 0.457 e. The van der Waals surface area contributed by atoms with Crippen LogP contribution in [0.1, 0.15) is 32.0 Å². The monoisotopic (exact) mass is 1130 g/mol. The third-order valence-corrected chi connectivity index (χ3v) is 12.7. The molecule has 0 saturated carbocycles. The maximum absolute atomic E-state index is 13.4. The lowest BCUT2D eigenvalue weighted by molar-refractivity contribution is -0.0501. The van der Waals surface area contributed by atoms with Gasteiger partial charge in [-0.25, -0.2) is 19.0 Å². The van der Waals surface area contributed by atoms with Crippen LogP contribution < -0.4 is 29.6 Å². The standard InChI is InChI=1S/C31H29F2N7O4.C24H22F2N8O4/c1-20(39-12-14-42-15-13-39)16-21-4-6-22(7-5-21)43-23-8-9-27(44-31(32)33)24(17-23)28-26(19-38(2)37-28)36-30(41)25-18-35-40-11-3-10-34-29(25)40;1-14-20(12-29-33(14)8-9-35)37-15-4-5-19(38-24(25)26)16(10-15)21-18(13-32(2)31-21)30-23(36)17-11-28-34-7-3-6-27-22(17)34/h3-11,17-19,31H,1,12-16H2,2H3,(H,36,41);3-7,10-13,24,35H,8-9H2,1-2H3,(H,30,36). The van der Waals surface area contributed by atoms with Crippen LogP contribution in [0.2, 0.25) is 0 Å². The summed E-state index contributed by atoms with van der Waals surface area (Å²) in [7, 11) is 3.28. The van der Waals surface area contributed by atoms with Gasteiger partial charge >= 0.3 is 13.2 Å². The van der Waals surface area contributed by atoms with E-state index in [0.29, 0.717) is 66.2 Å². The first-order chi connectivity index (χ1) is 39.7. The Bertz CT molecular complexity index is 3910. The Morgan fingerprint density at radius 2 is 1.21 bits per heavy atom. The van der Waals surface area contributed by atoms with Crippen LogP contribution in [0.4, 0.5) is 28.9 Å². The predicted octanol–water partition coefficient (Wildman–Crippen LogP) is 8.44. The molecule has 23 nitrogen and oxygen atoms in total. The number of fused-ring (bicyclic) bond motifs is 2. The Morgan fingerprint density at radius 1 is 0.695 bits per heavy atom. The molecule has 0 radical (unpaired) electrons. The molecule has 1 aliphatic rings. The Labute approximate surface area is 463 Å². The summed E-state index contributed by atoms with van der Waals surface area (Å²) in [5.41, 5.74) is 5.22. The minimum atomic E-state index is -3.09. The number of benzene rings is 3. The zero-order valence-electron chi connectivity index (χ0n) is 44.1. The van der Waals surface area contributed by atoms with Gasteiger partial charge in [0.2, 0.25) is 0 Å². The molecule has 2 amide bonds. The van der Waals surface area contributed by atoms with Crippen molar-refractivity contribution in [3.63, 3.8) is 0 Å². The smallest absolute Gasteiger partial charge is 0.387 e. The van der Waals surface area contributed by atoms with E-state index < -0.39 is 25.0 Å². The van der Waals surface area contributed by atoms with Gasteiger partial charge in [0, 0.05) is 76.5 Å². The summed E-state index contributed by atoms with van der Waals surface area (Å²) < 4.78 is 87.6. The lowest BCUT2D eigenvalue weighted by Gasteiger charge is -2.30. The number of amides is 2. The van der Waals surface area contributed by atoms with E-state index >= 15 is 0 Å². The Morgan fingerprint density at radius 3 is 1.72 bits per heavy atom. The predicted molar refractivity (Wildman–Crippen MR) is 288 cm³/mol. The van der Waals surface area contributed by atoms with Crippen molar-refractivity contribution >= 4 is 34.5 Å². The molecular formula is C55H51F4N15O8. The van der Waals surface area contributed by atoms with E-state index in [0.717, 1.165) is 24.4 Å². The highest BCUT2D eigenvalue weighted by atomic mass is 19.3. The number of aliphatic hydroxyl groups is 1. The minimum absolute atomic E-state index is 0.0920. The SMILES string of the molecule is C=C(Cc1ccc(Oc2ccc(OC(F)F)c(-c3nn(C)cc3NC(=O)c3cnn4cccnc34)c2)cc1)N1CCOCC1.Cc1c(Oc2ccc(OC(F)F)c(-c3nn(C)cc3NC(=O)c3cnn4cccnc34)c2)cnn1CCO. The highest BCUT2D eigenvalue weighted by Crippen LogP contribution is 2.41. The normalized spacial score (nSPS) is 12.4. The number of hydrogen-bond donors (Lipinski definition) is 3. The summed E-state index contributed by atoms with van der Waals surface area (Å²) >= 11 is 0. The van der Waals surface area contributed by atoms with Crippen molar-refractivity contribution in [1.82, 2.24) is 63.4 Å². The van der Waals surface area contributed by atoms with E-state index in [1.54, 1.807) is 68.7 Å². The zero-order valence-corrected chi connectivity index (χ0v) is 44.1. The zero-order chi connectivity index (χ0) is 57.4. The highest BCUT2D eigenvalue weighted by molar-refractivity contribution is 6.10. The average molecular weight is 1130 g/mol. The van der Waals surface area contributed by atoms with Crippen LogP contribution in [-0.4, -0.2) is 126 Å². The number of morpholine rings is 1. The van der Waals surface area contributed by atoms with Crippen molar-refractivity contribution in [3.8, 4) is 57.0 Å². The van der Waals surface area contributed by atoms with Crippen molar-refractivity contribution < 1.29 is 55.9 Å². The van der Waals surface area contributed by atoms with Gasteiger partial charge in [-0.2, -0.15) is 43.1 Å². The number of allylic oxidation sites excluding steroid dienone is 1. The number of nitrogens with one attached hydrogen (secondary N) is 2. The number of anilines is 2. The number of hydrogen-bond acceptors (Lipinski definition) is 16. The van der Waals surface area contributed by atoms with Gasteiger partial charge in [-0.15, -0.1) is 0 Å². The van der Waals surface area contributed by atoms with E-state index in [2.05, 4.69) is 57.6 Å². The molecule has 27 heteroatoms. The number of nitrogens with zero attached hydrogens (tertiary/aromatic N) is 13. The second-order valence-electron chi connectivity index (χ2n) is 18.2. The summed E-state index contributed by atoms with van der Waals surface area (Å²) in [5, 5.41) is 36.0. The van der Waals surface area contributed by atoms with Crippen LogP contribution in [0, 0.1) is 6.92 Å². The fourth-order valence-electron chi connectivity index (χ4n) is 8.84. The number of aromatic nitrogens is 12. The van der Waals surface area contributed by atoms with Crippen LogP contribution >= 0.6 is 0 Å². The first-order valence-corrected chi connectivity index (χ1v) is 25.2. The summed E-state index contributed by atoms with van der Waals surface area (Å²) in [5.74, 6) is 0.334. The topological polar surface area (TPSA) is 242 Å². The number of aryl methyl sites for hydroxylation is 2. The summed E-state index contributed by atoms with van der Waals surface area (Å²) in [6.45, 7) is 3.07. The van der Waals surface area contributed by atoms with E-state index in [-0.39, 0.29) is 63.1 Å². The fraction of sp³-hybridized carbons (Fsp3) is 0.218. The fourth-order valence-corrected chi connectivity index (χ4v) is 8.84. The molecular weight excluding hydrogens is 1070 g/mol. The molecule has 3 N–H and O–H groups in total. The number of alkyl halides is 4. The average Bonchev–Trinajstić information content (AvgIpc) is 4.52. The third kappa shape index (κ3) is 12.6. The molecule has 1 saturated heterocycles. The molecule has 0 bridgehead atoms. The van der Waals surface area contributed by atoms with Gasteiger partial charge in [0.1, 0.15) is 51.3 Å². The number of ether oxygens (including phenoxy) is 5. The molecule has 1 fully saturated rings. The van der Waals surface area contributed by atoms with E-state index in [4.69, 9.17) is 23.7 Å². The molecule has 422 valence electrons. The van der Waals surface area contributed by atoms with Gasteiger partial charge in [-0.05, 0) is 73.2 Å². The van der Waals surface area contributed by atoms with Crippen molar-refractivity contribution in [2.45, 2.75) is 33.1 Å². The van der Waals surface area contributed by atoms with Gasteiger partial charge in [-0.3, -0.25) is 23.6 Å². The van der Waals surface area contributed by atoms with Crippen LogP contribution in [0.25, 0.3) is 33.8 Å². The van der Waals surface area contributed by atoms with Crippen LogP contribution in [-0.2, 0) is 31.8 Å². The number of rotatable bonds is 19. The molecule has 0 spiro atoms. The number of halogens is 4. The molecule has 0 unspecified atom stereocenters. The van der Waals surface area contributed by atoms with Gasteiger partial charge in [0.05, 0.1) is 73.2 Å². The van der Waals surface area contributed by atoms with E-state index in [9.17, 15) is 32.3 Å². The van der Waals surface area contributed by atoms with Gasteiger partial charge < -0.3 is 44.3 Å². The molecule has 11 rings (SSSR count). The molecule has 10 aromatic rings. The quantitative estimate of drug-likeness (QED) is 0.0644.